The van der Waals surface area contributed by atoms with E-state index >= 15 is 0 Å². The van der Waals surface area contributed by atoms with Gasteiger partial charge in [0.2, 0.25) is 0 Å². The van der Waals surface area contributed by atoms with Crippen molar-refractivity contribution in [2.75, 3.05) is 18.4 Å². The van der Waals surface area contributed by atoms with Crippen LogP contribution in [0.15, 0.2) is 31.0 Å². The normalized spacial score (nSPS) is 19.0. The minimum Gasteiger partial charge on any atom is -0.382 e. The van der Waals surface area contributed by atoms with Crippen LogP contribution in [0.1, 0.15) is 12.8 Å². The van der Waals surface area contributed by atoms with E-state index < -0.39 is 0 Å². The van der Waals surface area contributed by atoms with Gasteiger partial charge in [-0.15, -0.1) is 0 Å². The van der Waals surface area contributed by atoms with E-state index in [9.17, 15) is 0 Å². The summed E-state index contributed by atoms with van der Waals surface area (Å²) >= 11 is 0. The second-order valence-corrected chi connectivity index (χ2v) is 4.42. The van der Waals surface area contributed by atoms with Crippen LogP contribution in [0.2, 0.25) is 0 Å². The number of aromatic nitrogens is 4. The first kappa shape index (κ1) is 11.2. The largest absolute Gasteiger partial charge is 0.382 e. The van der Waals surface area contributed by atoms with E-state index in [2.05, 4.69) is 25.7 Å². The molecule has 94 valence electrons. The first-order chi connectivity index (χ1) is 8.92. The van der Waals surface area contributed by atoms with Crippen LogP contribution in [-0.4, -0.2) is 38.9 Å². The third-order valence-corrected chi connectivity index (χ3v) is 3.12. The van der Waals surface area contributed by atoms with Crippen molar-refractivity contribution in [2.45, 2.75) is 18.9 Å². The molecule has 1 saturated heterocycles. The smallest absolute Gasteiger partial charge is 0.155 e. The maximum atomic E-state index is 4.34. The van der Waals surface area contributed by atoms with Gasteiger partial charge in [0, 0.05) is 12.6 Å². The van der Waals surface area contributed by atoms with Gasteiger partial charge in [-0.25, -0.2) is 14.6 Å². The van der Waals surface area contributed by atoms with Crippen molar-refractivity contribution < 1.29 is 0 Å². The molecule has 1 unspecified atom stereocenters. The van der Waals surface area contributed by atoms with Gasteiger partial charge in [0.05, 0.1) is 11.9 Å². The fourth-order valence-corrected chi connectivity index (χ4v) is 2.12. The first-order valence-corrected chi connectivity index (χ1v) is 6.20. The third kappa shape index (κ3) is 2.48. The van der Waals surface area contributed by atoms with Crippen molar-refractivity contribution in [3.63, 3.8) is 0 Å². The quantitative estimate of drug-likeness (QED) is 0.833. The molecule has 6 nitrogen and oxygen atoms in total. The summed E-state index contributed by atoms with van der Waals surface area (Å²) < 4.78 is 1.64. The highest BCUT2D eigenvalue weighted by atomic mass is 15.3. The predicted molar refractivity (Wildman–Crippen MR) is 68.7 cm³/mol. The molecule has 0 saturated carbocycles. The summed E-state index contributed by atoms with van der Waals surface area (Å²) in [6.07, 6.45) is 7.48. The van der Waals surface area contributed by atoms with Crippen LogP contribution in [-0.2, 0) is 0 Å². The Morgan fingerprint density at radius 3 is 3.11 bits per heavy atom. The molecule has 0 radical (unpaired) electrons. The molecule has 2 aromatic rings. The predicted octanol–water partition coefficient (Wildman–Crippen LogP) is 0.826. The Balaban J connectivity index is 1.60. The molecule has 0 amide bonds. The molecule has 0 bridgehead atoms. The second-order valence-electron chi connectivity index (χ2n) is 4.42. The minimum atomic E-state index is 0.583. The molecule has 3 heterocycles. The molecule has 0 aromatic carbocycles. The molecule has 2 aromatic heterocycles. The Morgan fingerprint density at radius 2 is 2.44 bits per heavy atom. The van der Waals surface area contributed by atoms with E-state index in [0.717, 1.165) is 24.6 Å². The standard InChI is InChI=1S/C12H16N6/c1-2-10(14-5-1)6-15-11-3-4-12(16-7-11)18-9-13-8-17-18/h3-4,7-10,14-15H,1-2,5-6H2. The molecule has 2 N–H and O–H groups in total. The number of hydrogen-bond acceptors (Lipinski definition) is 5. The van der Waals surface area contributed by atoms with E-state index in [-0.39, 0.29) is 0 Å². The summed E-state index contributed by atoms with van der Waals surface area (Å²) in [6, 6.07) is 4.53. The van der Waals surface area contributed by atoms with Crippen molar-refractivity contribution in [1.82, 2.24) is 25.1 Å². The van der Waals surface area contributed by atoms with Gasteiger partial charge in [0.25, 0.3) is 0 Å². The Kier molecular flexibility index (Phi) is 3.18. The summed E-state index contributed by atoms with van der Waals surface area (Å²) in [6.45, 7) is 2.08. The van der Waals surface area contributed by atoms with Crippen molar-refractivity contribution in [2.24, 2.45) is 0 Å². The van der Waals surface area contributed by atoms with Crippen LogP contribution in [0.4, 0.5) is 5.69 Å². The number of nitrogens with one attached hydrogen (secondary N) is 2. The maximum absolute atomic E-state index is 4.34. The number of nitrogens with zero attached hydrogens (tertiary/aromatic N) is 4. The second kappa shape index (κ2) is 5.14. The van der Waals surface area contributed by atoms with Crippen LogP contribution >= 0.6 is 0 Å². The van der Waals surface area contributed by atoms with E-state index in [0.29, 0.717) is 6.04 Å². The van der Waals surface area contributed by atoms with Crippen molar-refractivity contribution >= 4 is 5.69 Å². The van der Waals surface area contributed by atoms with Gasteiger partial charge in [-0.1, -0.05) is 0 Å². The van der Waals surface area contributed by atoms with Gasteiger partial charge in [0.15, 0.2) is 5.82 Å². The van der Waals surface area contributed by atoms with Crippen LogP contribution in [0, 0.1) is 0 Å². The zero-order valence-electron chi connectivity index (χ0n) is 10.1. The fraction of sp³-hybridized carbons (Fsp3) is 0.417. The summed E-state index contributed by atoms with van der Waals surface area (Å²) in [5, 5.41) is 10.9. The van der Waals surface area contributed by atoms with Crippen molar-refractivity contribution in [3.05, 3.63) is 31.0 Å². The lowest BCUT2D eigenvalue weighted by atomic mass is 10.2. The fourth-order valence-electron chi connectivity index (χ4n) is 2.12. The van der Waals surface area contributed by atoms with Crippen LogP contribution in [0.5, 0.6) is 0 Å². The van der Waals surface area contributed by atoms with Crippen LogP contribution in [0.25, 0.3) is 5.82 Å². The zero-order valence-corrected chi connectivity index (χ0v) is 10.1. The number of rotatable bonds is 4. The van der Waals surface area contributed by atoms with Gasteiger partial charge in [0.1, 0.15) is 12.7 Å². The molecule has 6 heteroatoms. The SMILES string of the molecule is c1ncn(-c2ccc(NCC3CCCN3)cn2)n1. The number of hydrogen-bond donors (Lipinski definition) is 2. The van der Waals surface area contributed by atoms with E-state index in [4.69, 9.17) is 0 Å². The van der Waals surface area contributed by atoms with Gasteiger partial charge in [-0.05, 0) is 31.5 Å². The topological polar surface area (TPSA) is 67.7 Å². The highest BCUT2D eigenvalue weighted by Crippen LogP contribution is 2.10. The molecular weight excluding hydrogens is 228 g/mol. The average molecular weight is 244 g/mol. The summed E-state index contributed by atoms with van der Waals surface area (Å²) in [7, 11) is 0. The molecule has 1 aliphatic heterocycles. The average Bonchev–Trinajstić information content (AvgIpc) is 3.10. The van der Waals surface area contributed by atoms with E-state index in [1.807, 2.05) is 18.3 Å². The van der Waals surface area contributed by atoms with Gasteiger partial charge in [-0.2, -0.15) is 5.10 Å². The first-order valence-electron chi connectivity index (χ1n) is 6.20. The summed E-state index contributed by atoms with van der Waals surface area (Å²) in [4.78, 5) is 8.24. The van der Waals surface area contributed by atoms with E-state index in [1.165, 1.54) is 19.2 Å². The lowest BCUT2D eigenvalue weighted by molar-refractivity contribution is 0.633. The molecule has 1 fully saturated rings. The van der Waals surface area contributed by atoms with Crippen LogP contribution < -0.4 is 10.6 Å². The molecule has 0 aliphatic carbocycles. The maximum Gasteiger partial charge on any atom is 0.155 e. The molecule has 0 spiro atoms. The Labute approximate surface area is 105 Å². The number of anilines is 1. The highest BCUT2D eigenvalue weighted by molar-refractivity contribution is 5.43. The monoisotopic (exact) mass is 244 g/mol. The molecular formula is C12H16N6. The molecule has 3 rings (SSSR count). The molecule has 1 aliphatic rings. The Hall–Kier alpha value is -1.95. The highest BCUT2D eigenvalue weighted by Gasteiger charge is 2.13. The summed E-state index contributed by atoms with van der Waals surface area (Å²) in [5.74, 6) is 0.775. The van der Waals surface area contributed by atoms with Crippen molar-refractivity contribution in [3.8, 4) is 5.82 Å². The minimum absolute atomic E-state index is 0.583. The lowest BCUT2D eigenvalue weighted by Gasteiger charge is -2.12. The molecule has 18 heavy (non-hydrogen) atoms. The molecule has 1 atom stereocenters. The van der Waals surface area contributed by atoms with E-state index in [1.54, 1.807) is 11.0 Å². The zero-order chi connectivity index (χ0) is 12.2. The third-order valence-electron chi connectivity index (χ3n) is 3.12. The van der Waals surface area contributed by atoms with Crippen LogP contribution in [0.3, 0.4) is 0 Å². The Bertz CT molecular complexity index is 472. The Morgan fingerprint density at radius 1 is 1.44 bits per heavy atom. The van der Waals surface area contributed by atoms with Crippen molar-refractivity contribution in [1.29, 1.82) is 0 Å². The van der Waals surface area contributed by atoms with Gasteiger partial charge >= 0.3 is 0 Å². The van der Waals surface area contributed by atoms with Gasteiger partial charge in [-0.3, -0.25) is 0 Å². The van der Waals surface area contributed by atoms with Gasteiger partial charge < -0.3 is 10.6 Å². The lowest BCUT2D eigenvalue weighted by Crippen LogP contribution is -2.29. The number of pyridine rings is 1. The summed E-state index contributed by atoms with van der Waals surface area (Å²) in [5.41, 5.74) is 1.03.